The highest BCUT2D eigenvalue weighted by Gasteiger charge is 2.14. The van der Waals surface area contributed by atoms with E-state index in [2.05, 4.69) is 62.4 Å². The van der Waals surface area contributed by atoms with E-state index in [4.69, 9.17) is 0 Å². The van der Waals surface area contributed by atoms with Crippen LogP contribution in [0.4, 0.5) is 5.13 Å². The molecule has 22 heavy (non-hydrogen) atoms. The summed E-state index contributed by atoms with van der Waals surface area (Å²) < 4.78 is 0.816. The minimum atomic E-state index is -0.0370. The molecular weight excluding hydrogens is 316 g/mol. The van der Waals surface area contributed by atoms with Crippen LogP contribution in [0, 0.1) is 5.92 Å². The number of rotatable bonds is 8. The average Bonchev–Trinajstić information content (AvgIpc) is 2.79. The van der Waals surface area contributed by atoms with Crippen molar-refractivity contribution >= 4 is 34.1 Å². The Morgan fingerprint density at radius 1 is 1.23 bits per heavy atom. The third-order valence-corrected chi connectivity index (χ3v) is 4.77. The van der Waals surface area contributed by atoms with Crippen LogP contribution in [0.2, 0.25) is 0 Å². The van der Waals surface area contributed by atoms with Crippen LogP contribution in [0.15, 0.2) is 4.34 Å². The van der Waals surface area contributed by atoms with Crippen molar-refractivity contribution in [1.29, 1.82) is 0 Å². The molecule has 126 valence electrons. The van der Waals surface area contributed by atoms with Gasteiger partial charge in [0.25, 0.3) is 0 Å². The molecule has 7 heteroatoms. The lowest BCUT2D eigenvalue weighted by Gasteiger charge is -2.18. The first-order chi connectivity index (χ1) is 10.2. The molecule has 1 rings (SSSR count). The molecule has 0 aromatic carbocycles. The Labute approximate surface area is 142 Å². The number of nitrogens with zero attached hydrogens (tertiary/aromatic N) is 2. The summed E-state index contributed by atoms with van der Waals surface area (Å²) in [4.78, 5) is 11.9. The smallest absolute Gasteiger partial charge is 0.230 e. The number of carbonyl (C=O) groups excluding carboxylic acids is 1. The second kappa shape index (κ2) is 8.72. The Kier molecular flexibility index (Phi) is 7.62. The van der Waals surface area contributed by atoms with E-state index in [0.29, 0.717) is 11.7 Å². The molecule has 0 aliphatic carbocycles. The SMILES string of the molecule is CC(C)CCC(C)NC(=O)CSc1nnc(NC(C)(C)C)s1. The Morgan fingerprint density at radius 2 is 1.91 bits per heavy atom. The summed E-state index contributed by atoms with van der Waals surface area (Å²) in [5, 5.41) is 15.3. The van der Waals surface area contributed by atoms with Gasteiger partial charge in [0.2, 0.25) is 11.0 Å². The van der Waals surface area contributed by atoms with Crippen LogP contribution in [0.5, 0.6) is 0 Å². The minimum Gasteiger partial charge on any atom is -0.355 e. The highest BCUT2D eigenvalue weighted by atomic mass is 32.2. The quantitative estimate of drug-likeness (QED) is 0.703. The summed E-state index contributed by atoms with van der Waals surface area (Å²) in [7, 11) is 0. The van der Waals surface area contributed by atoms with E-state index in [9.17, 15) is 4.79 Å². The van der Waals surface area contributed by atoms with Gasteiger partial charge in [0.1, 0.15) is 0 Å². The number of hydrogen-bond acceptors (Lipinski definition) is 6. The zero-order valence-corrected chi connectivity index (χ0v) is 16.0. The summed E-state index contributed by atoms with van der Waals surface area (Å²) in [6, 6.07) is 0.225. The van der Waals surface area contributed by atoms with Gasteiger partial charge < -0.3 is 10.6 Å². The molecule has 0 aliphatic heterocycles. The van der Waals surface area contributed by atoms with Crippen LogP contribution in [0.3, 0.4) is 0 Å². The van der Waals surface area contributed by atoms with Crippen LogP contribution in [0.1, 0.15) is 54.4 Å². The van der Waals surface area contributed by atoms with Crippen LogP contribution in [0.25, 0.3) is 0 Å². The van der Waals surface area contributed by atoms with E-state index in [1.54, 1.807) is 0 Å². The second-order valence-electron chi connectivity index (χ2n) is 6.98. The van der Waals surface area contributed by atoms with Crippen molar-refractivity contribution in [1.82, 2.24) is 15.5 Å². The zero-order chi connectivity index (χ0) is 16.8. The molecule has 1 atom stereocenters. The molecule has 2 N–H and O–H groups in total. The summed E-state index contributed by atoms with van der Waals surface area (Å²) in [5.74, 6) is 1.11. The molecule has 0 fully saturated rings. The molecular formula is C15H28N4OS2. The maximum absolute atomic E-state index is 11.9. The van der Waals surface area contributed by atoms with E-state index >= 15 is 0 Å². The van der Waals surface area contributed by atoms with Crippen molar-refractivity contribution in [2.24, 2.45) is 5.92 Å². The number of anilines is 1. The molecule has 1 amide bonds. The molecule has 0 saturated heterocycles. The molecule has 0 saturated carbocycles. The fourth-order valence-electron chi connectivity index (χ4n) is 1.74. The number of thioether (sulfide) groups is 1. The topological polar surface area (TPSA) is 66.9 Å². The number of carbonyl (C=O) groups is 1. The van der Waals surface area contributed by atoms with Gasteiger partial charge in [0.15, 0.2) is 4.34 Å². The largest absolute Gasteiger partial charge is 0.355 e. The summed E-state index contributed by atoms with van der Waals surface area (Å²) in [6.45, 7) is 12.7. The molecule has 0 spiro atoms. The van der Waals surface area contributed by atoms with Crippen LogP contribution >= 0.6 is 23.1 Å². The lowest BCUT2D eigenvalue weighted by Crippen LogP contribution is -2.34. The number of nitrogens with one attached hydrogen (secondary N) is 2. The van der Waals surface area contributed by atoms with E-state index < -0.39 is 0 Å². The van der Waals surface area contributed by atoms with Crippen molar-refractivity contribution < 1.29 is 4.79 Å². The fraction of sp³-hybridized carbons (Fsp3) is 0.800. The van der Waals surface area contributed by atoms with E-state index in [0.717, 1.165) is 22.3 Å². The first kappa shape index (κ1) is 19.2. The maximum atomic E-state index is 11.9. The van der Waals surface area contributed by atoms with E-state index in [1.807, 2.05) is 0 Å². The minimum absolute atomic E-state index is 0.0370. The van der Waals surface area contributed by atoms with Crippen molar-refractivity contribution in [3.8, 4) is 0 Å². The van der Waals surface area contributed by atoms with Crippen LogP contribution < -0.4 is 10.6 Å². The van der Waals surface area contributed by atoms with Gasteiger partial charge in [0.05, 0.1) is 5.75 Å². The monoisotopic (exact) mass is 344 g/mol. The van der Waals surface area contributed by atoms with Gasteiger partial charge in [-0.1, -0.05) is 36.9 Å². The van der Waals surface area contributed by atoms with Gasteiger partial charge >= 0.3 is 0 Å². The first-order valence-corrected chi connectivity index (χ1v) is 9.50. The van der Waals surface area contributed by atoms with Gasteiger partial charge in [-0.25, -0.2) is 0 Å². The van der Waals surface area contributed by atoms with Gasteiger partial charge in [-0.3, -0.25) is 4.79 Å². The van der Waals surface area contributed by atoms with Crippen molar-refractivity contribution in [2.75, 3.05) is 11.1 Å². The van der Waals surface area contributed by atoms with Gasteiger partial charge in [-0.2, -0.15) is 0 Å². The lowest BCUT2D eigenvalue weighted by atomic mass is 10.0. The molecule has 0 radical (unpaired) electrons. The Hall–Kier alpha value is -0.820. The maximum Gasteiger partial charge on any atom is 0.230 e. The highest BCUT2D eigenvalue weighted by molar-refractivity contribution is 8.01. The van der Waals surface area contributed by atoms with Crippen LogP contribution in [-0.4, -0.2) is 33.4 Å². The van der Waals surface area contributed by atoms with Crippen molar-refractivity contribution in [2.45, 2.75) is 70.3 Å². The standard InChI is InChI=1S/C15H28N4OS2/c1-10(2)7-8-11(3)16-12(20)9-21-14-19-18-13(22-14)17-15(4,5)6/h10-11H,7-9H2,1-6H3,(H,16,20)(H,17,18). The van der Waals surface area contributed by atoms with Gasteiger partial charge in [-0.15, -0.1) is 10.2 Å². The predicted molar refractivity (Wildman–Crippen MR) is 95.7 cm³/mol. The molecule has 5 nitrogen and oxygen atoms in total. The summed E-state index contributed by atoms with van der Waals surface area (Å²) in [6.07, 6.45) is 2.15. The molecule has 0 bridgehead atoms. The van der Waals surface area contributed by atoms with E-state index in [-0.39, 0.29) is 17.5 Å². The van der Waals surface area contributed by atoms with Gasteiger partial charge in [-0.05, 0) is 46.5 Å². The average molecular weight is 345 g/mol. The molecule has 1 aromatic heterocycles. The Bertz CT molecular complexity index is 468. The predicted octanol–water partition coefficient (Wildman–Crippen LogP) is 3.78. The van der Waals surface area contributed by atoms with Gasteiger partial charge in [0, 0.05) is 11.6 Å². The van der Waals surface area contributed by atoms with E-state index in [1.165, 1.54) is 23.1 Å². The van der Waals surface area contributed by atoms with Crippen molar-refractivity contribution in [3.05, 3.63) is 0 Å². The number of amides is 1. The third kappa shape index (κ3) is 8.58. The normalized spacial score (nSPS) is 13.2. The zero-order valence-electron chi connectivity index (χ0n) is 14.4. The molecule has 1 unspecified atom stereocenters. The molecule has 1 aromatic rings. The fourth-order valence-corrected chi connectivity index (χ4v) is 3.51. The number of hydrogen-bond donors (Lipinski definition) is 2. The second-order valence-corrected chi connectivity index (χ2v) is 9.18. The summed E-state index contributed by atoms with van der Waals surface area (Å²) >= 11 is 2.92. The van der Waals surface area contributed by atoms with Crippen LogP contribution in [-0.2, 0) is 4.79 Å². The number of aromatic nitrogens is 2. The Balaban J connectivity index is 2.32. The third-order valence-electron chi connectivity index (χ3n) is 2.80. The Morgan fingerprint density at radius 3 is 2.50 bits per heavy atom. The summed E-state index contributed by atoms with van der Waals surface area (Å²) in [5.41, 5.74) is -0.0370. The first-order valence-electron chi connectivity index (χ1n) is 7.69. The molecule has 0 aliphatic rings. The van der Waals surface area contributed by atoms with Crippen molar-refractivity contribution in [3.63, 3.8) is 0 Å². The molecule has 1 heterocycles. The highest BCUT2D eigenvalue weighted by Crippen LogP contribution is 2.27. The lowest BCUT2D eigenvalue weighted by molar-refractivity contribution is -0.119.